The average Bonchev–Trinajstić information content (AvgIpc) is 2.88. The van der Waals surface area contributed by atoms with Crippen LogP contribution < -0.4 is 9.47 Å². The molecular weight excluding hydrogens is 450 g/mol. The lowest BCUT2D eigenvalue weighted by molar-refractivity contribution is -0.149. The fourth-order valence-electron chi connectivity index (χ4n) is 2.29. The van der Waals surface area contributed by atoms with Crippen molar-refractivity contribution in [3.63, 3.8) is 0 Å². The Morgan fingerprint density at radius 1 is 1.32 bits per heavy atom. The fraction of sp³-hybridized carbons (Fsp3) is 0.316. The van der Waals surface area contributed by atoms with Gasteiger partial charge in [-0.25, -0.2) is 0 Å². The van der Waals surface area contributed by atoms with Crippen molar-refractivity contribution in [1.29, 1.82) is 0 Å². The van der Waals surface area contributed by atoms with Crippen LogP contribution in [-0.4, -0.2) is 48.4 Å². The molecule has 0 atom stereocenters. The number of nitrogens with zero attached hydrogens (tertiary/aromatic N) is 1. The normalized spacial score (nSPS) is 15.3. The van der Waals surface area contributed by atoms with Gasteiger partial charge < -0.3 is 14.2 Å². The Labute approximate surface area is 175 Å². The number of amides is 2. The molecule has 28 heavy (non-hydrogen) atoms. The Hall–Kier alpha value is -2.26. The molecular formula is C19H20BrNO6S. The summed E-state index contributed by atoms with van der Waals surface area (Å²) in [4.78, 5) is 37.5. The zero-order chi connectivity index (χ0) is 20.8. The maximum atomic E-state index is 12.5. The summed E-state index contributed by atoms with van der Waals surface area (Å²) >= 11 is 4.19. The monoisotopic (exact) mass is 469 g/mol. The minimum atomic E-state index is -0.634. The summed E-state index contributed by atoms with van der Waals surface area (Å²) < 4.78 is 16.5. The molecule has 150 valence electrons. The number of carbonyl (C=O) groups excluding carboxylic acids is 3. The van der Waals surface area contributed by atoms with E-state index >= 15 is 0 Å². The van der Waals surface area contributed by atoms with Crippen LogP contribution in [0.25, 0.3) is 6.08 Å². The molecule has 0 radical (unpaired) electrons. The number of ether oxygens (including phenoxy) is 3. The highest BCUT2D eigenvalue weighted by Crippen LogP contribution is 2.38. The van der Waals surface area contributed by atoms with Gasteiger partial charge in [0.25, 0.3) is 11.1 Å². The largest absolute Gasteiger partial charge is 0.493 e. The fourth-order valence-corrected chi connectivity index (χ4v) is 3.56. The number of hydrogen-bond acceptors (Lipinski definition) is 7. The van der Waals surface area contributed by atoms with E-state index in [0.29, 0.717) is 28.1 Å². The van der Waals surface area contributed by atoms with Crippen LogP contribution in [0, 0.1) is 0 Å². The molecule has 0 spiro atoms. The molecule has 1 fully saturated rings. The van der Waals surface area contributed by atoms with Gasteiger partial charge >= 0.3 is 5.97 Å². The van der Waals surface area contributed by atoms with E-state index in [9.17, 15) is 14.4 Å². The zero-order valence-electron chi connectivity index (χ0n) is 15.7. The molecule has 1 aliphatic heterocycles. The molecule has 1 aromatic rings. The van der Waals surface area contributed by atoms with E-state index in [1.165, 1.54) is 7.11 Å². The standard InChI is InChI=1S/C19H20BrNO6S/c1-5-6-26-15-9-13(20)12(7-14(15)25-4)8-16-18(23)21(19(24)28-16)10-17(22)27-11(2)3/h5,7-9,11H,1,6,10H2,2-4H3/b16-8+. The summed E-state index contributed by atoms with van der Waals surface area (Å²) in [5.41, 5.74) is 0.623. The van der Waals surface area contributed by atoms with Crippen LogP contribution in [0.2, 0.25) is 0 Å². The number of esters is 1. The minimum Gasteiger partial charge on any atom is -0.493 e. The van der Waals surface area contributed by atoms with E-state index < -0.39 is 23.7 Å². The highest BCUT2D eigenvalue weighted by Gasteiger charge is 2.37. The summed E-state index contributed by atoms with van der Waals surface area (Å²) in [5.74, 6) is -0.203. The van der Waals surface area contributed by atoms with Crippen LogP contribution in [0.1, 0.15) is 19.4 Å². The van der Waals surface area contributed by atoms with E-state index in [0.717, 1.165) is 16.7 Å². The van der Waals surface area contributed by atoms with Gasteiger partial charge in [0, 0.05) is 4.47 Å². The minimum absolute atomic E-state index is 0.199. The molecule has 0 aromatic heterocycles. The highest BCUT2D eigenvalue weighted by atomic mass is 79.9. The molecule has 9 heteroatoms. The first-order valence-corrected chi connectivity index (χ1v) is 9.93. The van der Waals surface area contributed by atoms with Gasteiger partial charge in [0.1, 0.15) is 13.2 Å². The molecule has 1 aromatic carbocycles. The molecule has 1 saturated heterocycles. The second kappa shape index (κ2) is 9.79. The lowest BCUT2D eigenvalue weighted by atomic mass is 10.2. The van der Waals surface area contributed by atoms with Gasteiger partial charge in [0.05, 0.1) is 18.1 Å². The van der Waals surface area contributed by atoms with Gasteiger partial charge in [-0.3, -0.25) is 19.3 Å². The van der Waals surface area contributed by atoms with Crippen molar-refractivity contribution in [3.05, 3.63) is 39.7 Å². The second-order valence-corrected chi connectivity index (χ2v) is 7.78. The summed E-state index contributed by atoms with van der Waals surface area (Å²) in [7, 11) is 1.50. The van der Waals surface area contributed by atoms with Crippen LogP contribution in [0.3, 0.4) is 0 Å². The molecule has 0 saturated carbocycles. The maximum absolute atomic E-state index is 12.5. The molecule has 2 rings (SSSR count). The van der Waals surface area contributed by atoms with Gasteiger partial charge in [-0.15, -0.1) is 0 Å². The Kier molecular flexibility index (Phi) is 7.70. The van der Waals surface area contributed by atoms with Gasteiger partial charge in [0.15, 0.2) is 11.5 Å². The summed E-state index contributed by atoms with van der Waals surface area (Å²) in [5, 5.41) is -0.522. The van der Waals surface area contributed by atoms with Crippen molar-refractivity contribution in [2.24, 2.45) is 0 Å². The molecule has 0 unspecified atom stereocenters. The molecule has 0 bridgehead atoms. The molecule has 7 nitrogen and oxygen atoms in total. The smallest absolute Gasteiger partial charge is 0.326 e. The number of benzene rings is 1. The number of imide groups is 1. The van der Waals surface area contributed by atoms with Crippen LogP contribution in [0.4, 0.5) is 4.79 Å². The molecule has 2 amide bonds. The Morgan fingerprint density at radius 3 is 2.64 bits per heavy atom. The molecule has 1 aliphatic rings. The van der Waals surface area contributed by atoms with E-state index in [1.54, 1.807) is 38.1 Å². The Balaban J connectivity index is 2.25. The third-order valence-electron chi connectivity index (χ3n) is 3.45. The van der Waals surface area contributed by atoms with Gasteiger partial charge in [0.2, 0.25) is 0 Å². The van der Waals surface area contributed by atoms with E-state index in [4.69, 9.17) is 14.2 Å². The Morgan fingerprint density at radius 2 is 2.04 bits per heavy atom. The SMILES string of the molecule is C=CCOc1cc(Br)c(/C=C2/SC(=O)N(CC(=O)OC(C)C)C2=O)cc1OC. The summed E-state index contributed by atoms with van der Waals surface area (Å²) in [6.45, 7) is 6.88. The summed E-state index contributed by atoms with van der Waals surface area (Å²) in [6, 6.07) is 3.39. The third kappa shape index (κ3) is 5.39. The van der Waals surface area contributed by atoms with Crippen molar-refractivity contribution in [2.45, 2.75) is 20.0 Å². The lowest BCUT2D eigenvalue weighted by Gasteiger charge is -2.13. The number of rotatable bonds is 8. The Bertz CT molecular complexity index is 836. The number of carbonyl (C=O) groups is 3. The average molecular weight is 470 g/mol. The van der Waals surface area contributed by atoms with Crippen LogP contribution in [0.15, 0.2) is 34.2 Å². The number of methoxy groups -OCH3 is 1. The van der Waals surface area contributed by atoms with E-state index in [1.807, 2.05) is 0 Å². The van der Waals surface area contributed by atoms with Crippen LogP contribution in [0.5, 0.6) is 11.5 Å². The van der Waals surface area contributed by atoms with Crippen molar-refractivity contribution < 1.29 is 28.6 Å². The van der Waals surface area contributed by atoms with Crippen molar-refractivity contribution in [1.82, 2.24) is 4.90 Å². The zero-order valence-corrected chi connectivity index (χ0v) is 18.1. The van der Waals surface area contributed by atoms with Crippen molar-refractivity contribution >= 4 is 50.9 Å². The van der Waals surface area contributed by atoms with Crippen molar-refractivity contribution in [3.8, 4) is 11.5 Å². The molecule has 1 heterocycles. The van der Waals surface area contributed by atoms with Crippen LogP contribution >= 0.6 is 27.7 Å². The second-order valence-electron chi connectivity index (χ2n) is 5.93. The molecule has 0 aliphatic carbocycles. The molecule has 0 N–H and O–H groups in total. The lowest BCUT2D eigenvalue weighted by Crippen LogP contribution is -2.35. The highest BCUT2D eigenvalue weighted by molar-refractivity contribution is 9.10. The summed E-state index contributed by atoms with van der Waals surface area (Å²) in [6.07, 6.45) is 2.85. The first-order chi connectivity index (χ1) is 13.3. The maximum Gasteiger partial charge on any atom is 0.326 e. The predicted molar refractivity (Wildman–Crippen MR) is 110 cm³/mol. The van der Waals surface area contributed by atoms with Crippen LogP contribution in [-0.2, 0) is 14.3 Å². The van der Waals surface area contributed by atoms with E-state index in [-0.39, 0.29) is 11.0 Å². The quantitative estimate of drug-likeness (QED) is 0.323. The number of halogens is 1. The topological polar surface area (TPSA) is 82.1 Å². The number of hydrogen-bond donors (Lipinski definition) is 0. The predicted octanol–water partition coefficient (Wildman–Crippen LogP) is 4.01. The number of thioether (sulfide) groups is 1. The first-order valence-electron chi connectivity index (χ1n) is 8.32. The first kappa shape index (κ1) is 22.0. The van der Waals surface area contributed by atoms with Crippen molar-refractivity contribution in [2.75, 3.05) is 20.3 Å². The van der Waals surface area contributed by atoms with E-state index in [2.05, 4.69) is 22.5 Å². The van der Waals surface area contributed by atoms with Gasteiger partial charge in [-0.2, -0.15) is 0 Å². The van der Waals surface area contributed by atoms with Gasteiger partial charge in [-0.05, 0) is 49.4 Å². The third-order valence-corrected chi connectivity index (χ3v) is 5.05. The van der Waals surface area contributed by atoms with Gasteiger partial charge in [-0.1, -0.05) is 28.6 Å².